The van der Waals surface area contributed by atoms with Gasteiger partial charge in [-0.1, -0.05) is 6.92 Å². The van der Waals surface area contributed by atoms with E-state index < -0.39 is 27.8 Å². The number of carbonyl (C=O) groups excluding carboxylic acids is 2. The van der Waals surface area contributed by atoms with Gasteiger partial charge in [0.05, 0.1) is 11.4 Å². The monoisotopic (exact) mass is 400 g/mol. The Morgan fingerprint density at radius 2 is 1.74 bits per heavy atom. The standard InChI is InChI=1S/C17H25FN4O4S/c1-3-13(2)19-17(24)20-16(23)12-21-8-10-22(11-9-21)27(25,26)15-6-4-14(18)5-7-15/h4-7,13H,3,8-12H2,1-2H3,(H2,19,20,23,24)/t13-/m1/s1. The smallest absolute Gasteiger partial charge is 0.321 e. The third kappa shape index (κ3) is 5.98. The lowest BCUT2D eigenvalue weighted by atomic mass is 10.3. The highest BCUT2D eigenvalue weighted by atomic mass is 32.2. The van der Waals surface area contributed by atoms with Gasteiger partial charge in [0.2, 0.25) is 15.9 Å². The summed E-state index contributed by atoms with van der Waals surface area (Å²) in [6.07, 6.45) is 0.756. The number of hydrogen-bond donors (Lipinski definition) is 2. The van der Waals surface area contributed by atoms with Crippen molar-refractivity contribution < 1.29 is 22.4 Å². The minimum Gasteiger partial charge on any atom is -0.335 e. The number of benzene rings is 1. The summed E-state index contributed by atoms with van der Waals surface area (Å²) < 4.78 is 39.4. The second kappa shape index (κ2) is 9.25. The van der Waals surface area contributed by atoms with Crippen molar-refractivity contribution >= 4 is 22.0 Å². The lowest BCUT2D eigenvalue weighted by Crippen LogP contribution is -2.52. The Bertz CT molecular complexity index is 762. The molecule has 1 heterocycles. The van der Waals surface area contributed by atoms with E-state index in [0.29, 0.717) is 13.1 Å². The van der Waals surface area contributed by atoms with Crippen LogP contribution in [0.2, 0.25) is 0 Å². The number of nitrogens with zero attached hydrogens (tertiary/aromatic N) is 2. The second-order valence-electron chi connectivity index (χ2n) is 6.47. The molecule has 1 fully saturated rings. The molecule has 0 spiro atoms. The van der Waals surface area contributed by atoms with E-state index >= 15 is 0 Å². The van der Waals surface area contributed by atoms with Crippen LogP contribution in [0.15, 0.2) is 29.2 Å². The highest BCUT2D eigenvalue weighted by Crippen LogP contribution is 2.17. The zero-order chi connectivity index (χ0) is 20.0. The molecule has 2 rings (SSSR count). The molecule has 150 valence electrons. The number of rotatable bonds is 6. The molecular formula is C17H25FN4O4S. The van der Waals surface area contributed by atoms with Crippen molar-refractivity contribution in [1.29, 1.82) is 0 Å². The van der Waals surface area contributed by atoms with Gasteiger partial charge in [-0.15, -0.1) is 0 Å². The van der Waals surface area contributed by atoms with Crippen LogP contribution < -0.4 is 10.6 Å². The number of carbonyl (C=O) groups is 2. The van der Waals surface area contributed by atoms with Gasteiger partial charge in [-0.2, -0.15) is 4.31 Å². The Morgan fingerprint density at radius 1 is 1.15 bits per heavy atom. The summed E-state index contributed by atoms with van der Waals surface area (Å²) in [6.45, 7) is 4.93. The number of urea groups is 1. The highest BCUT2D eigenvalue weighted by Gasteiger charge is 2.29. The fraction of sp³-hybridized carbons (Fsp3) is 0.529. The van der Waals surface area contributed by atoms with Crippen LogP contribution in [-0.2, 0) is 14.8 Å². The number of halogens is 1. The summed E-state index contributed by atoms with van der Waals surface area (Å²) >= 11 is 0. The van der Waals surface area contributed by atoms with E-state index in [1.165, 1.54) is 16.4 Å². The molecule has 0 unspecified atom stereocenters. The number of imide groups is 1. The molecule has 0 radical (unpaired) electrons. The summed E-state index contributed by atoms with van der Waals surface area (Å²) in [6, 6.07) is 4.13. The quantitative estimate of drug-likeness (QED) is 0.735. The van der Waals surface area contributed by atoms with Gasteiger partial charge in [0.1, 0.15) is 5.82 Å². The van der Waals surface area contributed by atoms with Gasteiger partial charge in [-0.25, -0.2) is 17.6 Å². The Hall–Kier alpha value is -2.04. The first kappa shape index (κ1) is 21.3. The van der Waals surface area contributed by atoms with E-state index in [4.69, 9.17) is 0 Å². The Kier molecular flexibility index (Phi) is 7.28. The fourth-order valence-electron chi connectivity index (χ4n) is 2.61. The summed E-state index contributed by atoms with van der Waals surface area (Å²) in [7, 11) is -3.69. The largest absolute Gasteiger partial charge is 0.335 e. The van der Waals surface area contributed by atoms with Gasteiger partial charge < -0.3 is 5.32 Å². The van der Waals surface area contributed by atoms with Gasteiger partial charge in [0, 0.05) is 32.2 Å². The van der Waals surface area contributed by atoms with Crippen molar-refractivity contribution in [1.82, 2.24) is 19.8 Å². The van der Waals surface area contributed by atoms with Crippen LogP contribution in [0.5, 0.6) is 0 Å². The minimum absolute atomic E-state index is 0.0123. The molecule has 1 aromatic carbocycles. The predicted molar refractivity (Wildman–Crippen MR) is 98.0 cm³/mol. The topological polar surface area (TPSA) is 98.8 Å². The molecule has 2 N–H and O–H groups in total. The number of piperazine rings is 1. The Labute approximate surface area is 158 Å². The summed E-state index contributed by atoms with van der Waals surface area (Å²) in [5, 5.41) is 4.91. The minimum atomic E-state index is -3.69. The molecule has 0 saturated carbocycles. The van der Waals surface area contributed by atoms with E-state index in [1.807, 2.05) is 13.8 Å². The zero-order valence-corrected chi connectivity index (χ0v) is 16.3. The maximum atomic E-state index is 13.0. The first-order valence-corrected chi connectivity index (χ1v) is 10.2. The third-order valence-corrected chi connectivity index (χ3v) is 6.31. The SMILES string of the molecule is CC[C@@H](C)NC(=O)NC(=O)CN1CCN(S(=O)(=O)c2ccc(F)cc2)CC1. The number of nitrogens with one attached hydrogen (secondary N) is 2. The maximum absolute atomic E-state index is 13.0. The van der Waals surface area contributed by atoms with Crippen molar-refractivity contribution in [2.75, 3.05) is 32.7 Å². The van der Waals surface area contributed by atoms with Crippen molar-refractivity contribution in [3.05, 3.63) is 30.1 Å². The summed E-state index contributed by atoms with van der Waals surface area (Å²) in [4.78, 5) is 25.4. The Balaban J connectivity index is 1.83. The molecule has 27 heavy (non-hydrogen) atoms. The number of amides is 3. The van der Waals surface area contributed by atoms with Gasteiger partial charge >= 0.3 is 6.03 Å². The van der Waals surface area contributed by atoms with E-state index in [-0.39, 0.29) is 30.6 Å². The normalized spacial score (nSPS) is 17.3. The van der Waals surface area contributed by atoms with Crippen LogP contribution in [0.25, 0.3) is 0 Å². The molecule has 0 bridgehead atoms. The average Bonchev–Trinajstić information content (AvgIpc) is 2.62. The van der Waals surface area contributed by atoms with Crippen LogP contribution in [0.3, 0.4) is 0 Å². The van der Waals surface area contributed by atoms with Gasteiger partial charge in [0.25, 0.3) is 0 Å². The molecule has 0 aromatic heterocycles. The zero-order valence-electron chi connectivity index (χ0n) is 15.4. The molecule has 8 nitrogen and oxygen atoms in total. The van der Waals surface area contributed by atoms with Crippen molar-refractivity contribution in [2.24, 2.45) is 0 Å². The lowest BCUT2D eigenvalue weighted by molar-refractivity contribution is -0.121. The first-order chi connectivity index (χ1) is 12.7. The number of hydrogen-bond acceptors (Lipinski definition) is 5. The number of sulfonamides is 1. The average molecular weight is 400 g/mol. The molecule has 1 aliphatic rings. The summed E-state index contributed by atoms with van der Waals surface area (Å²) in [5.74, 6) is -0.937. The molecule has 1 aliphatic heterocycles. The van der Waals surface area contributed by atoms with Crippen LogP contribution in [0.1, 0.15) is 20.3 Å². The van der Waals surface area contributed by atoms with Crippen molar-refractivity contribution in [3.8, 4) is 0 Å². The van der Waals surface area contributed by atoms with Crippen LogP contribution >= 0.6 is 0 Å². The third-order valence-electron chi connectivity index (χ3n) is 4.39. The fourth-order valence-corrected chi connectivity index (χ4v) is 4.04. The maximum Gasteiger partial charge on any atom is 0.321 e. The molecule has 1 saturated heterocycles. The van der Waals surface area contributed by atoms with Crippen LogP contribution in [-0.4, -0.2) is 68.3 Å². The summed E-state index contributed by atoms with van der Waals surface area (Å²) in [5.41, 5.74) is 0. The Morgan fingerprint density at radius 3 is 2.30 bits per heavy atom. The predicted octanol–water partition coefficient (Wildman–Crippen LogP) is 0.756. The van der Waals surface area contributed by atoms with Gasteiger partial charge in [-0.05, 0) is 37.6 Å². The first-order valence-electron chi connectivity index (χ1n) is 8.80. The van der Waals surface area contributed by atoms with E-state index in [9.17, 15) is 22.4 Å². The van der Waals surface area contributed by atoms with Crippen LogP contribution in [0.4, 0.5) is 9.18 Å². The van der Waals surface area contributed by atoms with Crippen molar-refractivity contribution in [2.45, 2.75) is 31.2 Å². The van der Waals surface area contributed by atoms with Gasteiger partial charge in [-0.3, -0.25) is 15.0 Å². The molecule has 3 amide bonds. The van der Waals surface area contributed by atoms with E-state index in [1.54, 1.807) is 4.90 Å². The van der Waals surface area contributed by atoms with Crippen LogP contribution in [0, 0.1) is 5.82 Å². The molecule has 1 atom stereocenters. The van der Waals surface area contributed by atoms with E-state index in [0.717, 1.165) is 18.6 Å². The van der Waals surface area contributed by atoms with E-state index in [2.05, 4.69) is 10.6 Å². The second-order valence-corrected chi connectivity index (χ2v) is 8.40. The molecule has 1 aromatic rings. The molecule has 10 heteroatoms. The lowest BCUT2D eigenvalue weighted by Gasteiger charge is -2.33. The van der Waals surface area contributed by atoms with Crippen molar-refractivity contribution in [3.63, 3.8) is 0 Å². The van der Waals surface area contributed by atoms with Gasteiger partial charge in [0.15, 0.2) is 0 Å². The molecule has 0 aliphatic carbocycles. The molecular weight excluding hydrogens is 375 g/mol. The highest BCUT2D eigenvalue weighted by molar-refractivity contribution is 7.89.